The summed E-state index contributed by atoms with van der Waals surface area (Å²) >= 11 is 7.48. The molecule has 1 heterocycles. The molecule has 2 aromatic carbocycles. The third-order valence-electron chi connectivity index (χ3n) is 3.94. The topological polar surface area (TPSA) is 81.4 Å². The molecule has 1 aromatic heterocycles. The van der Waals surface area contributed by atoms with E-state index in [1.54, 1.807) is 30.3 Å². The fourth-order valence-corrected chi connectivity index (χ4v) is 3.57. The van der Waals surface area contributed by atoms with Gasteiger partial charge in [-0.05, 0) is 43.7 Å². The van der Waals surface area contributed by atoms with Crippen molar-refractivity contribution in [2.24, 2.45) is 0 Å². The zero-order valence-corrected chi connectivity index (χ0v) is 17.5. The monoisotopic (exact) mass is 430 g/mol. The minimum absolute atomic E-state index is 0.389. The molecule has 0 radical (unpaired) electrons. The van der Waals surface area contributed by atoms with Crippen molar-refractivity contribution in [3.8, 4) is 0 Å². The molecule has 0 bridgehead atoms. The van der Waals surface area contributed by atoms with Gasteiger partial charge in [0.25, 0.3) is 5.91 Å². The Bertz CT molecular complexity index is 1040. The van der Waals surface area contributed by atoms with E-state index < -0.39 is 18.5 Å². The smallest absolute Gasteiger partial charge is 0.339 e. The van der Waals surface area contributed by atoms with E-state index in [1.807, 2.05) is 32.0 Å². The van der Waals surface area contributed by atoms with Crippen LogP contribution in [0.4, 0.5) is 5.69 Å². The maximum Gasteiger partial charge on any atom is 0.339 e. The van der Waals surface area contributed by atoms with E-state index in [4.69, 9.17) is 20.9 Å². The van der Waals surface area contributed by atoms with Crippen molar-refractivity contribution in [1.29, 1.82) is 0 Å². The molecule has 0 spiro atoms. The standard InChI is InChI=1S/C21H19ClN2O4S/c1-13-7-8-15(10-18(13)22)23-20(25)11-27-21(26)17-5-3-4-6-19(17)29-12-16-9-14(2)24-28-16/h3-10H,11-12H2,1-2H3,(H,23,25). The quantitative estimate of drug-likeness (QED) is 0.418. The number of aryl methyl sites for hydroxylation is 2. The number of anilines is 1. The zero-order valence-electron chi connectivity index (χ0n) is 15.9. The summed E-state index contributed by atoms with van der Waals surface area (Å²) in [5.74, 6) is 0.228. The van der Waals surface area contributed by atoms with Crippen molar-refractivity contribution in [2.75, 3.05) is 11.9 Å². The second kappa shape index (κ2) is 9.62. The number of rotatable bonds is 7. The number of halogens is 1. The number of benzene rings is 2. The highest BCUT2D eigenvalue weighted by atomic mass is 35.5. The number of hydrogen-bond acceptors (Lipinski definition) is 6. The van der Waals surface area contributed by atoms with Crippen LogP contribution in [0.25, 0.3) is 0 Å². The highest BCUT2D eigenvalue weighted by Crippen LogP contribution is 2.27. The van der Waals surface area contributed by atoms with Gasteiger partial charge in [-0.15, -0.1) is 11.8 Å². The van der Waals surface area contributed by atoms with E-state index in [-0.39, 0.29) is 0 Å². The van der Waals surface area contributed by atoms with Crippen molar-refractivity contribution >= 4 is 40.9 Å². The molecule has 8 heteroatoms. The van der Waals surface area contributed by atoms with Crippen molar-refractivity contribution in [3.63, 3.8) is 0 Å². The summed E-state index contributed by atoms with van der Waals surface area (Å²) in [4.78, 5) is 25.3. The Morgan fingerprint density at radius 1 is 1.17 bits per heavy atom. The molecule has 3 rings (SSSR count). The number of ether oxygens (including phenoxy) is 1. The highest BCUT2D eigenvalue weighted by Gasteiger charge is 2.15. The summed E-state index contributed by atoms with van der Waals surface area (Å²) in [6.45, 7) is 3.32. The number of esters is 1. The van der Waals surface area contributed by atoms with Crippen molar-refractivity contribution in [3.05, 3.63) is 76.1 Å². The molecule has 150 valence electrons. The average molecular weight is 431 g/mol. The Morgan fingerprint density at radius 2 is 1.97 bits per heavy atom. The van der Waals surface area contributed by atoms with Crippen LogP contribution in [0.5, 0.6) is 0 Å². The molecule has 29 heavy (non-hydrogen) atoms. The molecule has 0 aliphatic rings. The highest BCUT2D eigenvalue weighted by molar-refractivity contribution is 7.98. The first-order valence-corrected chi connectivity index (χ1v) is 10.2. The van der Waals surface area contributed by atoms with Crippen LogP contribution in [0.2, 0.25) is 5.02 Å². The molecule has 0 unspecified atom stereocenters. The summed E-state index contributed by atoms with van der Waals surface area (Å²) in [6.07, 6.45) is 0. The van der Waals surface area contributed by atoms with Gasteiger partial charge < -0.3 is 14.6 Å². The van der Waals surface area contributed by atoms with Crippen LogP contribution in [0.1, 0.15) is 27.4 Å². The van der Waals surface area contributed by atoms with Gasteiger partial charge in [0.15, 0.2) is 6.61 Å². The fourth-order valence-electron chi connectivity index (χ4n) is 2.47. The summed E-state index contributed by atoms with van der Waals surface area (Å²) in [6, 6.07) is 14.1. The van der Waals surface area contributed by atoms with Crippen LogP contribution < -0.4 is 5.32 Å². The minimum Gasteiger partial charge on any atom is -0.452 e. The molecule has 0 saturated carbocycles. The van der Waals surface area contributed by atoms with Crippen LogP contribution in [-0.2, 0) is 15.3 Å². The number of amides is 1. The molecular formula is C21H19ClN2O4S. The first-order valence-electron chi connectivity index (χ1n) is 8.79. The van der Waals surface area contributed by atoms with Gasteiger partial charge in [0, 0.05) is 21.7 Å². The van der Waals surface area contributed by atoms with Crippen LogP contribution in [-0.4, -0.2) is 23.6 Å². The predicted octanol–water partition coefficient (Wildman–Crippen LogP) is 5.03. The molecule has 1 amide bonds. The lowest BCUT2D eigenvalue weighted by Crippen LogP contribution is -2.21. The van der Waals surface area contributed by atoms with Crippen molar-refractivity contribution in [2.45, 2.75) is 24.5 Å². The molecular weight excluding hydrogens is 412 g/mol. The van der Waals surface area contributed by atoms with Crippen LogP contribution in [0.3, 0.4) is 0 Å². The maximum atomic E-state index is 12.5. The lowest BCUT2D eigenvalue weighted by Gasteiger charge is -2.10. The van der Waals surface area contributed by atoms with Gasteiger partial charge in [0.1, 0.15) is 5.76 Å². The number of nitrogens with zero attached hydrogens (tertiary/aromatic N) is 1. The Morgan fingerprint density at radius 3 is 2.69 bits per heavy atom. The minimum atomic E-state index is -0.570. The van der Waals surface area contributed by atoms with Crippen LogP contribution in [0, 0.1) is 13.8 Å². The number of carbonyl (C=O) groups is 2. The third-order valence-corrected chi connectivity index (χ3v) is 5.45. The van der Waals surface area contributed by atoms with E-state index in [0.717, 1.165) is 16.2 Å². The Kier molecular flexibility index (Phi) is 6.95. The summed E-state index contributed by atoms with van der Waals surface area (Å²) in [7, 11) is 0. The van der Waals surface area contributed by atoms with Crippen LogP contribution >= 0.6 is 23.4 Å². The average Bonchev–Trinajstić information content (AvgIpc) is 3.13. The van der Waals surface area contributed by atoms with E-state index >= 15 is 0 Å². The number of hydrogen-bond donors (Lipinski definition) is 1. The molecule has 0 atom stereocenters. The van der Waals surface area contributed by atoms with Gasteiger partial charge in [-0.25, -0.2) is 4.79 Å². The van der Waals surface area contributed by atoms with Gasteiger partial charge in [0.2, 0.25) is 0 Å². The second-order valence-electron chi connectivity index (χ2n) is 6.31. The van der Waals surface area contributed by atoms with E-state index in [1.165, 1.54) is 11.8 Å². The maximum absolute atomic E-state index is 12.5. The van der Waals surface area contributed by atoms with Gasteiger partial charge in [-0.1, -0.05) is 35.0 Å². The number of aromatic nitrogens is 1. The SMILES string of the molecule is Cc1cc(CSc2ccccc2C(=O)OCC(=O)Nc2ccc(C)c(Cl)c2)on1. The van der Waals surface area contributed by atoms with Gasteiger partial charge >= 0.3 is 5.97 Å². The number of thioether (sulfide) groups is 1. The van der Waals surface area contributed by atoms with Gasteiger partial charge in [0.05, 0.1) is 17.0 Å². The summed E-state index contributed by atoms with van der Waals surface area (Å²) < 4.78 is 10.4. The Labute approximate surface area is 177 Å². The van der Waals surface area contributed by atoms with E-state index in [0.29, 0.717) is 27.8 Å². The first-order chi connectivity index (χ1) is 13.9. The fraction of sp³-hybridized carbons (Fsp3) is 0.190. The lowest BCUT2D eigenvalue weighted by atomic mass is 10.2. The second-order valence-corrected chi connectivity index (χ2v) is 7.73. The summed E-state index contributed by atoms with van der Waals surface area (Å²) in [5.41, 5.74) is 2.64. The van der Waals surface area contributed by atoms with E-state index in [2.05, 4.69) is 10.5 Å². The van der Waals surface area contributed by atoms with Gasteiger partial charge in [-0.3, -0.25) is 4.79 Å². The van der Waals surface area contributed by atoms with Crippen molar-refractivity contribution in [1.82, 2.24) is 5.16 Å². The first kappa shape index (κ1) is 21.0. The molecule has 0 fully saturated rings. The predicted molar refractivity (Wildman–Crippen MR) is 112 cm³/mol. The molecule has 0 aliphatic carbocycles. The van der Waals surface area contributed by atoms with Crippen LogP contribution in [0.15, 0.2) is 57.9 Å². The lowest BCUT2D eigenvalue weighted by molar-refractivity contribution is -0.119. The van der Waals surface area contributed by atoms with E-state index in [9.17, 15) is 9.59 Å². The third kappa shape index (κ3) is 5.85. The Balaban J connectivity index is 1.57. The van der Waals surface area contributed by atoms with Crippen molar-refractivity contribution < 1.29 is 18.8 Å². The zero-order chi connectivity index (χ0) is 20.8. The molecule has 1 N–H and O–H groups in total. The largest absolute Gasteiger partial charge is 0.452 e. The number of nitrogens with one attached hydrogen (secondary N) is 1. The summed E-state index contributed by atoms with van der Waals surface area (Å²) in [5, 5.41) is 7.05. The van der Waals surface area contributed by atoms with Gasteiger partial charge in [-0.2, -0.15) is 0 Å². The normalized spacial score (nSPS) is 10.6. The molecule has 0 saturated heterocycles. The molecule has 6 nitrogen and oxygen atoms in total. The number of carbonyl (C=O) groups excluding carboxylic acids is 2. The Hall–Kier alpha value is -2.77. The molecule has 3 aromatic rings. The molecule has 0 aliphatic heterocycles.